The third kappa shape index (κ3) is 10.9. The molecule has 34 heavy (non-hydrogen) atoms. The van der Waals surface area contributed by atoms with Crippen LogP contribution in [0.5, 0.6) is 0 Å². The zero-order valence-electron chi connectivity index (χ0n) is 25.2. The fraction of sp³-hybridized carbons (Fsp3) is 0.758. The molecule has 196 valence electrons. The molecule has 0 amide bonds. The highest BCUT2D eigenvalue weighted by Gasteiger charge is 2.31. The predicted molar refractivity (Wildman–Crippen MR) is 159 cm³/mol. The summed E-state index contributed by atoms with van der Waals surface area (Å²) in [6, 6.07) is 0. The summed E-state index contributed by atoms with van der Waals surface area (Å²) in [6.07, 6.45) is 13.6. The summed E-state index contributed by atoms with van der Waals surface area (Å²) in [5.74, 6) is 3.93. The van der Waals surface area contributed by atoms with Crippen LogP contribution >= 0.6 is 11.8 Å². The molecule has 0 saturated carbocycles. The first kappa shape index (κ1) is 31.3. The normalized spacial score (nSPS) is 22.7. The Balaban J connectivity index is 0.000000350. The van der Waals surface area contributed by atoms with Crippen molar-refractivity contribution in [1.29, 1.82) is 0 Å². The molecule has 1 heteroatoms. The fourth-order valence-electron chi connectivity index (χ4n) is 5.27. The van der Waals surface area contributed by atoms with Crippen molar-refractivity contribution in [3.8, 4) is 0 Å². The Kier molecular flexibility index (Phi) is 12.5. The topological polar surface area (TPSA) is 0 Å². The number of thioether (sulfide) groups is 1. The average Bonchev–Trinajstić information content (AvgIpc) is 2.64. The van der Waals surface area contributed by atoms with Gasteiger partial charge in [-0.05, 0) is 77.9 Å². The second-order valence-corrected chi connectivity index (χ2v) is 14.8. The molecule has 0 aromatic heterocycles. The van der Waals surface area contributed by atoms with Crippen molar-refractivity contribution in [1.82, 2.24) is 0 Å². The minimum absolute atomic E-state index is 0.427. The molecule has 0 spiro atoms. The third-order valence-corrected chi connectivity index (χ3v) is 8.05. The Bertz CT molecular complexity index is 762. The molecule has 0 unspecified atom stereocenters. The summed E-state index contributed by atoms with van der Waals surface area (Å²) in [5.41, 5.74) is 7.36. The number of hydrogen-bond acceptors (Lipinski definition) is 1. The standard InChI is InChI=1S/C18H32S.C15H26/c1-8-9-19-17-15(10-13(2)3)11-18(6,7)12-16(17)14(4)5;1-11(2)7-13-8-14(12(3)4)10-15(5,6)9-13/h10,13-14H,8-9,11-12H2,1-7H3;7-8,11-12H,9-10H2,1-6H3/b15-10+;13-7-. The minimum Gasteiger partial charge on any atom is -0.126 e. The van der Waals surface area contributed by atoms with Crippen molar-refractivity contribution < 1.29 is 0 Å². The van der Waals surface area contributed by atoms with Crippen molar-refractivity contribution in [3.63, 3.8) is 0 Å². The molecule has 2 aliphatic rings. The van der Waals surface area contributed by atoms with Gasteiger partial charge in [0, 0.05) is 4.91 Å². The average molecular weight is 487 g/mol. The number of hydrogen-bond donors (Lipinski definition) is 0. The summed E-state index contributed by atoms with van der Waals surface area (Å²) < 4.78 is 0. The van der Waals surface area contributed by atoms with Crippen molar-refractivity contribution in [2.75, 3.05) is 5.75 Å². The predicted octanol–water partition coefficient (Wildman–Crippen LogP) is 11.4. The Labute approximate surface area is 219 Å². The van der Waals surface area contributed by atoms with Gasteiger partial charge in [0.1, 0.15) is 0 Å². The molecule has 0 aromatic rings. The van der Waals surface area contributed by atoms with E-state index in [1.807, 2.05) is 0 Å². The van der Waals surface area contributed by atoms with Crippen LogP contribution in [0.1, 0.15) is 122 Å². The Hall–Kier alpha value is -0.690. The second kappa shape index (κ2) is 13.6. The van der Waals surface area contributed by atoms with Gasteiger partial charge in [-0.3, -0.25) is 0 Å². The first-order chi connectivity index (χ1) is 15.6. The van der Waals surface area contributed by atoms with Crippen molar-refractivity contribution in [2.24, 2.45) is 34.5 Å². The lowest BCUT2D eigenvalue weighted by atomic mass is 9.72. The van der Waals surface area contributed by atoms with Crippen molar-refractivity contribution in [3.05, 3.63) is 45.4 Å². The molecular formula is C33H58S. The monoisotopic (exact) mass is 486 g/mol. The van der Waals surface area contributed by atoms with E-state index in [0.717, 1.165) is 0 Å². The molecule has 0 nitrogen and oxygen atoms in total. The molecule has 0 heterocycles. The largest absolute Gasteiger partial charge is 0.126 e. The highest BCUT2D eigenvalue weighted by atomic mass is 32.2. The second-order valence-electron chi connectivity index (χ2n) is 13.7. The molecule has 0 atom stereocenters. The molecule has 0 aromatic carbocycles. The van der Waals surface area contributed by atoms with Crippen LogP contribution in [0.2, 0.25) is 0 Å². The van der Waals surface area contributed by atoms with Crippen LogP contribution in [0.15, 0.2) is 45.4 Å². The van der Waals surface area contributed by atoms with E-state index < -0.39 is 0 Å². The van der Waals surface area contributed by atoms with Crippen molar-refractivity contribution >= 4 is 11.8 Å². The van der Waals surface area contributed by atoms with Gasteiger partial charge in [-0.25, -0.2) is 0 Å². The maximum absolute atomic E-state index is 2.50. The van der Waals surface area contributed by atoms with Gasteiger partial charge in [0.2, 0.25) is 0 Å². The van der Waals surface area contributed by atoms with Crippen LogP contribution in [0.3, 0.4) is 0 Å². The molecular weight excluding hydrogens is 428 g/mol. The van der Waals surface area contributed by atoms with Gasteiger partial charge < -0.3 is 0 Å². The van der Waals surface area contributed by atoms with Gasteiger partial charge in [-0.2, -0.15) is 0 Å². The highest BCUT2D eigenvalue weighted by molar-refractivity contribution is 8.03. The number of allylic oxidation sites excluding steroid dienone is 7. The molecule has 0 radical (unpaired) electrons. The zero-order valence-corrected chi connectivity index (χ0v) is 26.0. The van der Waals surface area contributed by atoms with Crippen LogP contribution in [-0.4, -0.2) is 5.75 Å². The first-order valence-electron chi connectivity index (χ1n) is 14.0. The third-order valence-electron chi connectivity index (χ3n) is 6.63. The van der Waals surface area contributed by atoms with E-state index >= 15 is 0 Å². The Morgan fingerprint density at radius 1 is 0.765 bits per heavy atom. The van der Waals surface area contributed by atoms with Gasteiger partial charge in [0.05, 0.1) is 0 Å². The molecule has 0 bridgehead atoms. The van der Waals surface area contributed by atoms with E-state index in [2.05, 4.69) is 120 Å². The zero-order chi connectivity index (χ0) is 26.3. The van der Waals surface area contributed by atoms with E-state index in [4.69, 9.17) is 0 Å². The van der Waals surface area contributed by atoms with Crippen LogP contribution in [0.4, 0.5) is 0 Å². The van der Waals surface area contributed by atoms with Gasteiger partial charge >= 0.3 is 0 Å². The molecule has 0 saturated heterocycles. The smallest absolute Gasteiger partial charge is 0.00959 e. The van der Waals surface area contributed by atoms with Gasteiger partial charge in [0.15, 0.2) is 0 Å². The molecule has 2 aliphatic carbocycles. The lowest BCUT2D eigenvalue weighted by Crippen LogP contribution is -2.22. The van der Waals surface area contributed by atoms with E-state index in [9.17, 15) is 0 Å². The SMILES string of the molecule is CC(C)/C=C1/C=C(C(C)C)CC(C)(C)C1.CCCSC1=C(C(C)C)CC(C)(C)C/C1=C\C(C)C. The Morgan fingerprint density at radius 2 is 1.32 bits per heavy atom. The first-order valence-corrected chi connectivity index (χ1v) is 15.0. The van der Waals surface area contributed by atoms with Gasteiger partial charge in [-0.1, -0.05) is 125 Å². The highest BCUT2D eigenvalue weighted by Crippen LogP contribution is 2.48. The maximum Gasteiger partial charge on any atom is 0.00959 e. The van der Waals surface area contributed by atoms with Gasteiger partial charge in [-0.15, -0.1) is 11.8 Å². The van der Waals surface area contributed by atoms with E-state index in [0.29, 0.717) is 34.5 Å². The van der Waals surface area contributed by atoms with E-state index in [1.165, 1.54) is 37.9 Å². The molecule has 2 rings (SSSR count). The lowest BCUT2D eigenvalue weighted by molar-refractivity contribution is 0.336. The van der Waals surface area contributed by atoms with Gasteiger partial charge in [0.25, 0.3) is 0 Å². The molecule has 0 fully saturated rings. The fourth-order valence-corrected chi connectivity index (χ4v) is 6.49. The Morgan fingerprint density at radius 3 is 1.79 bits per heavy atom. The van der Waals surface area contributed by atoms with E-state index in [-0.39, 0.29) is 0 Å². The van der Waals surface area contributed by atoms with Crippen LogP contribution in [0, 0.1) is 34.5 Å². The van der Waals surface area contributed by atoms with Crippen LogP contribution in [0.25, 0.3) is 0 Å². The molecule has 0 aliphatic heterocycles. The number of rotatable bonds is 7. The molecule has 0 N–H and O–H groups in total. The maximum atomic E-state index is 2.50. The summed E-state index contributed by atoms with van der Waals surface area (Å²) >= 11 is 2.10. The van der Waals surface area contributed by atoms with Crippen molar-refractivity contribution in [2.45, 2.75) is 122 Å². The minimum atomic E-state index is 0.427. The summed E-state index contributed by atoms with van der Waals surface area (Å²) in [5, 5.41) is 0. The van der Waals surface area contributed by atoms with Crippen LogP contribution in [-0.2, 0) is 0 Å². The van der Waals surface area contributed by atoms with Crippen LogP contribution < -0.4 is 0 Å². The summed E-state index contributed by atoms with van der Waals surface area (Å²) in [7, 11) is 0. The quantitative estimate of drug-likeness (QED) is 0.345. The lowest BCUT2D eigenvalue weighted by Gasteiger charge is -2.37. The van der Waals surface area contributed by atoms with E-state index in [1.54, 1.807) is 27.2 Å². The summed E-state index contributed by atoms with van der Waals surface area (Å²) in [4.78, 5) is 1.63. The summed E-state index contributed by atoms with van der Waals surface area (Å²) in [6.45, 7) is 30.3.